The lowest BCUT2D eigenvalue weighted by molar-refractivity contribution is 0.159. The predicted molar refractivity (Wildman–Crippen MR) is 91.7 cm³/mol. The van der Waals surface area contributed by atoms with Gasteiger partial charge in [0.15, 0.2) is 0 Å². The molecule has 0 fully saturated rings. The van der Waals surface area contributed by atoms with E-state index < -0.39 is 0 Å². The van der Waals surface area contributed by atoms with E-state index in [1.807, 2.05) is 54.6 Å². The molecule has 0 aliphatic carbocycles. The summed E-state index contributed by atoms with van der Waals surface area (Å²) < 4.78 is 5.46. The van der Waals surface area contributed by atoms with Gasteiger partial charge >= 0.3 is 0 Å². The second kappa shape index (κ2) is 9.13. The van der Waals surface area contributed by atoms with E-state index in [2.05, 4.69) is 16.6 Å². The Morgan fingerprint density at radius 3 is 2.70 bits per heavy atom. The van der Waals surface area contributed by atoms with Crippen LogP contribution < -0.4 is 5.43 Å². The fraction of sp³-hybridized carbons (Fsp3) is 0.167. The van der Waals surface area contributed by atoms with Crippen molar-refractivity contribution in [3.8, 4) is 6.07 Å². The first-order chi connectivity index (χ1) is 11.3. The summed E-state index contributed by atoms with van der Waals surface area (Å²) in [7, 11) is 0. The van der Waals surface area contributed by atoms with Crippen LogP contribution in [-0.4, -0.2) is 18.5 Å². The topological polar surface area (TPSA) is 81.3 Å². The molecule has 0 saturated heterocycles. The van der Waals surface area contributed by atoms with Gasteiger partial charge in [-0.15, -0.1) is 0 Å². The van der Waals surface area contributed by atoms with E-state index >= 15 is 0 Å². The summed E-state index contributed by atoms with van der Waals surface area (Å²) in [5.74, 6) is 0. The summed E-state index contributed by atoms with van der Waals surface area (Å²) in [5.41, 5.74) is 5.84. The Morgan fingerprint density at radius 1 is 1.17 bits per heavy atom. The van der Waals surface area contributed by atoms with Crippen LogP contribution in [0.2, 0.25) is 0 Å². The molecule has 2 aromatic carbocycles. The van der Waals surface area contributed by atoms with Crippen molar-refractivity contribution in [1.82, 2.24) is 0 Å². The molecule has 0 unspecified atom stereocenters. The highest BCUT2D eigenvalue weighted by Gasteiger charge is 1.99. The van der Waals surface area contributed by atoms with Crippen molar-refractivity contribution in [2.45, 2.75) is 13.0 Å². The van der Waals surface area contributed by atoms with Gasteiger partial charge < -0.3 is 10.1 Å². The van der Waals surface area contributed by atoms with Crippen molar-refractivity contribution in [2.75, 3.05) is 12.0 Å². The summed E-state index contributed by atoms with van der Waals surface area (Å²) in [6.45, 7) is 0.662. The zero-order chi connectivity index (χ0) is 16.3. The van der Waals surface area contributed by atoms with Gasteiger partial charge in [-0.2, -0.15) is 10.4 Å². The number of ether oxygens (including phenoxy) is 1. The maximum Gasteiger partial charge on any atom is 0.0901 e. The average molecular weight is 306 g/mol. The molecular formula is C18H18N4O. The van der Waals surface area contributed by atoms with Gasteiger partial charge in [-0.1, -0.05) is 48.5 Å². The number of hydrogen-bond acceptors (Lipinski definition) is 5. The predicted octanol–water partition coefficient (Wildman–Crippen LogP) is 3.39. The van der Waals surface area contributed by atoms with Crippen LogP contribution in [0.1, 0.15) is 11.1 Å². The molecule has 0 saturated carbocycles. The van der Waals surface area contributed by atoms with E-state index in [1.54, 1.807) is 0 Å². The smallest absolute Gasteiger partial charge is 0.0901 e. The molecule has 5 nitrogen and oxygen atoms in total. The zero-order valence-corrected chi connectivity index (χ0v) is 12.7. The van der Waals surface area contributed by atoms with Crippen LogP contribution in [0.5, 0.6) is 0 Å². The summed E-state index contributed by atoms with van der Waals surface area (Å²) >= 11 is 0. The first-order valence-electron chi connectivity index (χ1n) is 7.22. The van der Waals surface area contributed by atoms with Gasteiger partial charge in [0.1, 0.15) is 0 Å². The Balaban J connectivity index is 1.77. The Kier molecular flexibility index (Phi) is 6.51. The van der Waals surface area contributed by atoms with Crippen molar-refractivity contribution in [2.24, 2.45) is 5.10 Å². The third-order valence-electron chi connectivity index (χ3n) is 3.06. The number of hydrazone groups is 1. The molecule has 0 radical (unpaired) electrons. The highest BCUT2D eigenvalue weighted by Crippen LogP contribution is 2.14. The molecular weight excluding hydrogens is 288 g/mol. The van der Waals surface area contributed by atoms with Crippen LogP contribution in [0.4, 0.5) is 5.69 Å². The van der Waals surface area contributed by atoms with Crippen LogP contribution in [0.15, 0.2) is 59.7 Å². The molecule has 116 valence electrons. The van der Waals surface area contributed by atoms with E-state index in [9.17, 15) is 0 Å². The number of nitriles is 1. The monoisotopic (exact) mass is 306 g/mol. The summed E-state index contributed by atoms with van der Waals surface area (Å²) in [4.78, 5) is 0. The third-order valence-corrected chi connectivity index (χ3v) is 3.06. The maximum absolute atomic E-state index is 8.78. The minimum absolute atomic E-state index is 0.194. The molecule has 0 bridgehead atoms. The van der Waals surface area contributed by atoms with Gasteiger partial charge in [0, 0.05) is 0 Å². The fourth-order valence-electron chi connectivity index (χ4n) is 1.94. The van der Waals surface area contributed by atoms with E-state index in [1.165, 1.54) is 6.21 Å². The molecule has 0 spiro atoms. The molecule has 23 heavy (non-hydrogen) atoms. The number of hydrogen-bond donors (Lipinski definition) is 2. The molecule has 0 aliphatic heterocycles. The van der Waals surface area contributed by atoms with E-state index in [4.69, 9.17) is 15.4 Å². The normalized spacial score (nSPS) is 10.4. The van der Waals surface area contributed by atoms with Gasteiger partial charge in [-0.05, 0) is 17.2 Å². The molecule has 0 atom stereocenters. The highest BCUT2D eigenvalue weighted by molar-refractivity contribution is 6.29. The number of anilines is 1. The van der Waals surface area contributed by atoms with Crippen molar-refractivity contribution in [3.05, 3.63) is 65.7 Å². The van der Waals surface area contributed by atoms with Gasteiger partial charge in [0.25, 0.3) is 0 Å². The largest absolute Gasteiger partial charge is 0.370 e. The van der Waals surface area contributed by atoms with Crippen LogP contribution in [0.25, 0.3) is 0 Å². The van der Waals surface area contributed by atoms with Crippen LogP contribution in [-0.2, 0) is 17.8 Å². The van der Waals surface area contributed by atoms with Crippen molar-refractivity contribution >= 4 is 17.6 Å². The Labute approximate surface area is 135 Å². The number of nitrogens with one attached hydrogen (secondary N) is 2. The van der Waals surface area contributed by atoms with E-state index in [0.29, 0.717) is 13.0 Å². The molecule has 5 heteroatoms. The van der Waals surface area contributed by atoms with Gasteiger partial charge in [0.05, 0.1) is 43.3 Å². The zero-order valence-electron chi connectivity index (χ0n) is 12.7. The van der Waals surface area contributed by atoms with Crippen molar-refractivity contribution < 1.29 is 4.74 Å². The minimum atomic E-state index is 0.194. The molecule has 0 aromatic heterocycles. The quantitative estimate of drug-likeness (QED) is 0.579. The second-order valence-electron chi connectivity index (χ2n) is 4.87. The van der Waals surface area contributed by atoms with Gasteiger partial charge in [-0.3, -0.25) is 5.43 Å². The SMILES string of the molecule is N#CCc1ccccc1N/N=C\C(=N)COCc1ccccc1. The first-order valence-corrected chi connectivity index (χ1v) is 7.22. The van der Waals surface area contributed by atoms with E-state index in [0.717, 1.165) is 16.8 Å². The fourth-order valence-corrected chi connectivity index (χ4v) is 1.94. The van der Waals surface area contributed by atoms with Crippen molar-refractivity contribution in [1.29, 1.82) is 10.7 Å². The molecule has 0 amide bonds. The van der Waals surface area contributed by atoms with Crippen LogP contribution in [0, 0.1) is 16.7 Å². The first kappa shape index (κ1) is 16.4. The molecule has 2 rings (SSSR count). The molecule has 2 N–H and O–H groups in total. The summed E-state index contributed by atoms with van der Waals surface area (Å²) in [6, 6.07) is 19.4. The third kappa shape index (κ3) is 5.73. The lowest BCUT2D eigenvalue weighted by Gasteiger charge is -2.05. The maximum atomic E-state index is 8.78. The van der Waals surface area contributed by atoms with Crippen LogP contribution >= 0.6 is 0 Å². The standard InChI is InChI=1S/C18H18N4O/c19-11-10-16-8-4-5-9-18(16)22-21-12-17(20)14-23-13-15-6-2-1-3-7-15/h1-9,12,20,22H,10,13-14H2/b20-17?,21-12-. The number of para-hydroxylation sites is 1. The van der Waals surface area contributed by atoms with E-state index in [-0.39, 0.29) is 12.3 Å². The number of rotatable bonds is 8. The molecule has 2 aromatic rings. The second-order valence-corrected chi connectivity index (χ2v) is 4.87. The van der Waals surface area contributed by atoms with Gasteiger partial charge in [-0.25, -0.2) is 0 Å². The Bertz CT molecular complexity index is 704. The highest BCUT2D eigenvalue weighted by atomic mass is 16.5. The average Bonchev–Trinajstić information content (AvgIpc) is 2.58. The van der Waals surface area contributed by atoms with Crippen molar-refractivity contribution in [3.63, 3.8) is 0 Å². The summed E-state index contributed by atoms with van der Waals surface area (Å²) in [5, 5.41) is 20.6. The Morgan fingerprint density at radius 2 is 1.91 bits per heavy atom. The molecule has 0 heterocycles. The number of benzene rings is 2. The Hall–Kier alpha value is -2.97. The number of nitrogens with zero attached hydrogens (tertiary/aromatic N) is 2. The lowest BCUT2D eigenvalue weighted by atomic mass is 10.1. The minimum Gasteiger partial charge on any atom is -0.370 e. The summed E-state index contributed by atoms with van der Waals surface area (Å²) in [6.07, 6.45) is 1.73. The molecule has 0 aliphatic rings. The van der Waals surface area contributed by atoms with Gasteiger partial charge in [0.2, 0.25) is 0 Å². The lowest BCUT2D eigenvalue weighted by Crippen LogP contribution is -2.10. The van der Waals surface area contributed by atoms with Crippen LogP contribution in [0.3, 0.4) is 0 Å².